The first kappa shape index (κ1) is 22.9. The van der Waals surface area contributed by atoms with Crippen molar-refractivity contribution >= 4 is 43.6 Å². The third-order valence-corrected chi connectivity index (χ3v) is 6.98. The van der Waals surface area contributed by atoms with Gasteiger partial charge in [0.2, 0.25) is 0 Å². The lowest BCUT2D eigenvalue weighted by Gasteiger charge is -2.10. The summed E-state index contributed by atoms with van der Waals surface area (Å²) in [6.07, 6.45) is 0. The highest BCUT2D eigenvalue weighted by atomic mass is 32.2. The molecule has 34 heavy (non-hydrogen) atoms. The van der Waals surface area contributed by atoms with Crippen LogP contribution in [0.4, 0.5) is 17.1 Å². The summed E-state index contributed by atoms with van der Waals surface area (Å²) in [6, 6.07) is 25.2. The van der Waals surface area contributed by atoms with Gasteiger partial charge in [-0.2, -0.15) is 0 Å². The minimum Gasteiger partial charge on any atom is -0.378 e. The number of nitrogens with one attached hydrogen (secondary N) is 2. The number of nitrogens with zero attached hydrogens (tertiary/aromatic N) is 1. The van der Waals surface area contributed by atoms with Crippen molar-refractivity contribution in [3.8, 4) is 0 Å². The summed E-state index contributed by atoms with van der Waals surface area (Å²) < 4.78 is 24.8. The van der Waals surface area contributed by atoms with Crippen molar-refractivity contribution in [2.75, 3.05) is 22.9 Å². The fraction of sp³-hybridized carbons (Fsp3) is 0.0800. The number of nitro benzene ring substituents is 1. The van der Waals surface area contributed by atoms with Gasteiger partial charge in [0.15, 0.2) is 9.84 Å². The third-order valence-electron chi connectivity index (χ3n) is 5.25. The molecular weight excluding hydrogens is 454 g/mol. The average molecular weight is 476 g/mol. The van der Waals surface area contributed by atoms with E-state index >= 15 is 0 Å². The molecule has 4 rings (SSSR count). The number of sulfone groups is 1. The van der Waals surface area contributed by atoms with Crippen molar-refractivity contribution in [3.05, 3.63) is 107 Å². The third kappa shape index (κ3) is 5.21. The number of benzene rings is 4. The Labute approximate surface area is 196 Å². The maximum Gasteiger partial charge on any atom is 0.293 e. The van der Waals surface area contributed by atoms with E-state index in [9.17, 15) is 23.3 Å². The zero-order valence-electron chi connectivity index (χ0n) is 18.0. The second kappa shape index (κ2) is 9.72. The van der Waals surface area contributed by atoms with Gasteiger partial charge in [0.1, 0.15) is 5.69 Å². The second-order valence-corrected chi connectivity index (χ2v) is 9.67. The van der Waals surface area contributed by atoms with E-state index in [0.717, 1.165) is 10.8 Å². The van der Waals surface area contributed by atoms with Crippen molar-refractivity contribution in [2.45, 2.75) is 4.90 Å². The van der Waals surface area contributed by atoms with Gasteiger partial charge in [0.25, 0.3) is 11.6 Å². The van der Waals surface area contributed by atoms with Crippen LogP contribution in [-0.2, 0) is 9.84 Å². The first-order chi connectivity index (χ1) is 16.3. The minimum atomic E-state index is -3.53. The summed E-state index contributed by atoms with van der Waals surface area (Å²) in [4.78, 5) is 23.9. The van der Waals surface area contributed by atoms with E-state index in [2.05, 4.69) is 10.6 Å². The van der Waals surface area contributed by atoms with E-state index in [0.29, 0.717) is 5.69 Å². The largest absolute Gasteiger partial charge is 0.378 e. The van der Waals surface area contributed by atoms with Crippen molar-refractivity contribution in [1.29, 1.82) is 0 Å². The van der Waals surface area contributed by atoms with Gasteiger partial charge < -0.3 is 10.6 Å². The minimum absolute atomic E-state index is 0.0271. The molecule has 4 aromatic rings. The van der Waals surface area contributed by atoms with Crippen LogP contribution in [0, 0.1) is 10.1 Å². The van der Waals surface area contributed by atoms with E-state index in [1.165, 1.54) is 30.3 Å². The SMILES string of the molecule is O=C(Nc1ccc2ccccc2c1)c1ccc(NCCS(=O)(=O)c2ccccc2)c([N+](=O)[O-])c1. The molecule has 0 atom stereocenters. The predicted octanol–water partition coefficient (Wildman–Crippen LogP) is 4.89. The number of rotatable bonds is 8. The van der Waals surface area contributed by atoms with E-state index < -0.39 is 20.7 Å². The fourth-order valence-corrected chi connectivity index (χ4v) is 4.69. The summed E-state index contributed by atoms with van der Waals surface area (Å²) in [7, 11) is -3.53. The van der Waals surface area contributed by atoms with Gasteiger partial charge in [-0.3, -0.25) is 14.9 Å². The van der Waals surface area contributed by atoms with Crippen molar-refractivity contribution in [1.82, 2.24) is 0 Å². The molecule has 4 aromatic carbocycles. The van der Waals surface area contributed by atoms with Gasteiger partial charge >= 0.3 is 0 Å². The molecule has 0 fully saturated rings. The van der Waals surface area contributed by atoms with Gasteiger partial charge in [0, 0.05) is 23.9 Å². The zero-order chi connectivity index (χ0) is 24.1. The number of carbonyl (C=O) groups excluding carboxylic acids is 1. The fourth-order valence-electron chi connectivity index (χ4n) is 3.51. The lowest BCUT2D eigenvalue weighted by molar-refractivity contribution is -0.384. The quantitative estimate of drug-likeness (QED) is 0.277. The van der Waals surface area contributed by atoms with Crippen LogP contribution in [-0.4, -0.2) is 31.5 Å². The average Bonchev–Trinajstić information content (AvgIpc) is 2.84. The normalized spacial score (nSPS) is 11.2. The van der Waals surface area contributed by atoms with Gasteiger partial charge in [0.05, 0.1) is 15.6 Å². The number of nitro groups is 1. The smallest absolute Gasteiger partial charge is 0.293 e. The maximum absolute atomic E-state index is 12.7. The Morgan fingerprint density at radius 3 is 2.29 bits per heavy atom. The van der Waals surface area contributed by atoms with E-state index in [4.69, 9.17) is 0 Å². The molecule has 2 N–H and O–H groups in total. The lowest BCUT2D eigenvalue weighted by atomic mass is 10.1. The molecule has 0 heterocycles. The molecule has 172 valence electrons. The lowest BCUT2D eigenvalue weighted by Crippen LogP contribution is -2.17. The number of anilines is 2. The molecular formula is C25H21N3O5S. The van der Waals surface area contributed by atoms with Gasteiger partial charge in [-0.05, 0) is 47.2 Å². The Bertz CT molecular complexity index is 1470. The van der Waals surface area contributed by atoms with Crippen LogP contribution >= 0.6 is 0 Å². The van der Waals surface area contributed by atoms with Crippen molar-refractivity contribution in [3.63, 3.8) is 0 Å². The second-order valence-electron chi connectivity index (χ2n) is 7.56. The molecule has 0 aliphatic rings. The van der Waals surface area contributed by atoms with Gasteiger partial charge in [-0.15, -0.1) is 0 Å². The topological polar surface area (TPSA) is 118 Å². The molecule has 0 aliphatic heterocycles. The predicted molar refractivity (Wildman–Crippen MR) is 132 cm³/mol. The Kier molecular flexibility index (Phi) is 6.55. The van der Waals surface area contributed by atoms with Crippen LogP contribution in [0.2, 0.25) is 0 Å². The van der Waals surface area contributed by atoms with Crippen LogP contribution in [0.1, 0.15) is 10.4 Å². The number of carbonyl (C=O) groups is 1. The molecule has 1 amide bonds. The zero-order valence-corrected chi connectivity index (χ0v) is 18.8. The van der Waals surface area contributed by atoms with Crippen LogP contribution in [0.15, 0.2) is 95.9 Å². The molecule has 0 unspecified atom stereocenters. The Morgan fingerprint density at radius 1 is 0.853 bits per heavy atom. The summed E-state index contributed by atoms with van der Waals surface area (Å²) in [5, 5.41) is 19.1. The molecule has 0 aromatic heterocycles. The monoisotopic (exact) mass is 475 g/mol. The van der Waals surface area contributed by atoms with Crippen LogP contribution in [0.25, 0.3) is 10.8 Å². The highest BCUT2D eigenvalue weighted by molar-refractivity contribution is 7.91. The number of hydrogen-bond donors (Lipinski definition) is 2. The summed E-state index contributed by atoms with van der Waals surface area (Å²) in [5.41, 5.74) is 0.501. The molecule has 0 saturated carbocycles. The number of fused-ring (bicyclic) bond motifs is 1. The van der Waals surface area contributed by atoms with E-state index in [1.807, 2.05) is 36.4 Å². The summed E-state index contributed by atoms with van der Waals surface area (Å²) in [5.74, 6) is -0.727. The highest BCUT2D eigenvalue weighted by Crippen LogP contribution is 2.27. The maximum atomic E-state index is 12.7. The first-order valence-electron chi connectivity index (χ1n) is 10.4. The molecule has 0 saturated heterocycles. The van der Waals surface area contributed by atoms with Crippen LogP contribution in [0.5, 0.6) is 0 Å². The van der Waals surface area contributed by atoms with E-state index in [1.54, 1.807) is 24.3 Å². The van der Waals surface area contributed by atoms with E-state index in [-0.39, 0.29) is 34.1 Å². The molecule has 0 spiro atoms. The van der Waals surface area contributed by atoms with Gasteiger partial charge in [-0.25, -0.2) is 8.42 Å². The molecule has 0 radical (unpaired) electrons. The van der Waals surface area contributed by atoms with Gasteiger partial charge in [-0.1, -0.05) is 48.5 Å². The van der Waals surface area contributed by atoms with Crippen LogP contribution < -0.4 is 10.6 Å². The molecule has 0 bridgehead atoms. The first-order valence-corrected chi connectivity index (χ1v) is 12.1. The Morgan fingerprint density at radius 2 is 1.56 bits per heavy atom. The number of hydrogen-bond acceptors (Lipinski definition) is 6. The Hall–Kier alpha value is -4.24. The standard InChI is InChI=1S/C25H21N3O5S/c29-25(27-21-12-10-18-6-4-5-7-19(18)16-21)20-11-13-23(24(17-20)28(30)31)26-14-15-34(32,33)22-8-2-1-3-9-22/h1-13,16-17,26H,14-15H2,(H,27,29). The Balaban J connectivity index is 1.47. The molecule has 9 heteroatoms. The van der Waals surface area contributed by atoms with Crippen LogP contribution in [0.3, 0.4) is 0 Å². The van der Waals surface area contributed by atoms with Crippen molar-refractivity contribution < 1.29 is 18.1 Å². The molecule has 0 aliphatic carbocycles. The summed E-state index contributed by atoms with van der Waals surface area (Å²) in [6.45, 7) is -0.0271. The summed E-state index contributed by atoms with van der Waals surface area (Å²) >= 11 is 0. The highest BCUT2D eigenvalue weighted by Gasteiger charge is 2.19. The number of amides is 1. The van der Waals surface area contributed by atoms with Crippen molar-refractivity contribution in [2.24, 2.45) is 0 Å². The molecule has 8 nitrogen and oxygen atoms in total.